The Kier molecular flexibility index (Phi) is 4.93. The molecule has 1 N–H and O–H groups in total. The van der Waals surface area contributed by atoms with Gasteiger partial charge in [-0.2, -0.15) is 0 Å². The fourth-order valence-corrected chi connectivity index (χ4v) is 1.83. The molecule has 0 aromatic heterocycles. The average Bonchev–Trinajstić information content (AvgIpc) is 2.48. The number of carbonyl (C=O) groups excluding carboxylic acids is 1. The van der Waals surface area contributed by atoms with Crippen molar-refractivity contribution in [1.82, 2.24) is 0 Å². The molecule has 1 amide bonds. The number of halogens is 1. The van der Waals surface area contributed by atoms with Crippen LogP contribution in [0.1, 0.15) is 25.3 Å². The first-order chi connectivity index (χ1) is 10.0. The van der Waals surface area contributed by atoms with E-state index in [4.69, 9.17) is 4.74 Å². The van der Waals surface area contributed by atoms with Crippen LogP contribution in [0.25, 0.3) is 0 Å². The Labute approximate surface area is 123 Å². The number of rotatable bonds is 5. The van der Waals surface area contributed by atoms with Gasteiger partial charge in [-0.1, -0.05) is 26.0 Å². The minimum absolute atomic E-state index is 0.0849. The highest BCUT2D eigenvalue weighted by molar-refractivity contribution is 5.91. The van der Waals surface area contributed by atoms with Crippen molar-refractivity contribution in [3.8, 4) is 5.75 Å². The fraction of sp³-hybridized carbons (Fsp3) is 0.235. The maximum Gasteiger partial charge on any atom is 0.262 e. The zero-order valence-corrected chi connectivity index (χ0v) is 12.1. The Morgan fingerprint density at radius 3 is 2.29 bits per heavy atom. The van der Waals surface area contributed by atoms with E-state index in [2.05, 4.69) is 19.2 Å². The molecule has 2 rings (SSSR count). The van der Waals surface area contributed by atoms with Crippen molar-refractivity contribution >= 4 is 11.6 Å². The largest absolute Gasteiger partial charge is 0.484 e. The Morgan fingerprint density at radius 2 is 1.71 bits per heavy atom. The number of ether oxygens (including phenoxy) is 1. The molecular weight excluding hydrogens is 269 g/mol. The first-order valence-electron chi connectivity index (χ1n) is 6.83. The van der Waals surface area contributed by atoms with E-state index in [0.717, 1.165) is 0 Å². The summed E-state index contributed by atoms with van der Waals surface area (Å²) in [5.74, 6) is 0.485. The molecule has 2 aromatic carbocycles. The average molecular weight is 287 g/mol. The van der Waals surface area contributed by atoms with Crippen LogP contribution in [-0.2, 0) is 4.79 Å². The van der Waals surface area contributed by atoms with E-state index < -0.39 is 0 Å². The standard InChI is InChI=1S/C17H18FNO2/c1-12(2)13-3-9-16(10-4-13)21-11-17(20)19-15-7-5-14(18)6-8-15/h3-10,12H,11H2,1-2H3,(H,19,20). The molecule has 110 valence electrons. The van der Waals surface area contributed by atoms with Crippen molar-refractivity contribution in [1.29, 1.82) is 0 Å². The monoisotopic (exact) mass is 287 g/mol. The van der Waals surface area contributed by atoms with Crippen molar-refractivity contribution in [3.05, 3.63) is 59.9 Å². The molecule has 0 spiro atoms. The Morgan fingerprint density at radius 1 is 1.10 bits per heavy atom. The highest BCUT2D eigenvalue weighted by Crippen LogP contribution is 2.18. The summed E-state index contributed by atoms with van der Waals surface area (Å²) in [6, 6.07) is 13.3. The third-order valence-corrected chi connectivity index (χ3v) is 3.04. The van der Waals surface area contributed by atoms with Gasteiger partial charge in [0.15, 0.2) is 6.61 Å². The van der Waals surface area contributed by atoms with Crippen LogP contribution in [0.15, 0.2) is 48.5 Å². The molecule has 0 aliphatic heterocycles. The third-order valence-electron chi connectivity index (χ3n) is 3.04. The zero-order valence-electron chi connectivity index (χ0n) is 12.1. The summed E-state index contributed by atoms with van der Waals surface area (Å²) in [4.78, 5) is 11.7. The van der Waals surface area contributed by atoms with Gasteiger partial charge in [-0.3, -0.25) is 4.79 Å². The van der Waals surface area contributed by atoms with E-state index in [1.807, 2.05) is 24.3 Å². The summed E-state index contributed by atoms with van der Waals surface area (Å²) in [5, 5.41) is 2.64. The molecule has 0 heterocycles. The molecule has 0 radical (unpaired) electrons. The Hall–Kier alpha value is -2.36. The molecule has 4 heteroatoms. The Bertz CT molecular complexity index is 591. The van der Waals surface area contributed by atoms with Crippen LogP contribution in [0.4, 0.5) is 10.1 Å². The van der Waals surface area contributed by atoms with Crippen molar-refractivity contribution in [2.75, 3.05) is 11.9 Å². The summed E-state index contributed by atoms with van der Waals surface area (Å²) >= 11 is 0. The zero-order chi connectivity index (χ0) is 15.2. The van der Waals surface area contributed by atoms with Crippen molar-refractivity contribution in [2.24, 2.45) is 0 Å². The molecule has 21 heavy (non-hydrogen) atoms. The lowest BCUT2D eigenvalue weighted by Crippen LogP contribution is -2.20. The number of benzene rings is 2. The molecule has 0 aliphatic carbocycles. The molecule has 3 nitrogen and oxygen atoms in total. The lowest BCUT2D eigenvalue weighted by molar-refractivity contribution is -0.118. The smallest absolute Gasteiger partial charge is 0.262 e. The summed E-state index contributed by atoms with van der Waals surface area (Å²) < 4.78 is 18.2. The second-order valence-electron chi connectivity index (χ2n) is 5.07. The summed E-state index contributed by atoms with van der Waals surface area (Å²) in [7, 11) is 0. The van der Waals surface area contributed by atoms with Gasteiger partial charge in [-0.15, -0.1) is 0 Å². The van der Waals surface area contributed by atoms with Gasteiger partial charge in [0.05, 0.1) is 0 Å². The summed E-state index contributed by atoms with van der Waals surface area (Å²) in [6.45, 7) is 4.15. The maximum absolute atomic E-state index is 12.7. The third kappa shape index (κ3) is 4.60. The van der Waals surface area contributed by atoms with Gasteiger partial charge in [0.1, 0.15) is 11.6 Å². The number of carbonyl (C=O) groups is 1. The lowest BCUT2D eigenvalue weighted by Gasteiger charge is -2.09. The van der Waals surface area contributed by atoms with E-state index in [9.17, 15) is 9.18 Å². The SMILES string of the molecule is CC(C)c1ccc(OCC(=O)Nc2ccc(F)cc2)cc1. The number of hydrogen-bond donors (Lipinski definition) is 1. The van der Waals surface area contributed by atoms with Crippen molar-refractivity contribution in [3.63, 3.8) is 0 Å². The van der Waals surface area contributed by atoms with Gasteiger partial charge in [0, 0.05) is 5.69 Å². The topological polar surface area (TPSA) is 38.3 Å². The minimum atomic E-state index is -0.338. The van der Waals surface area contributed by atoms with E-state index in [-0.39, 0.29) is 18.3 Å². The predicted octanol–water partition coefficient (Wildman–Crippen LogP) is 3.97. The number of anilines is 1. The first-order valence-corrected chi connectivity index (χ1v) is 6.83. The predicted molar refractivity (Wildman–Crippen MR) is 81.1 cm³/mol. The van der Waals surface area contributed by atoms with Gasteiger partial charge in [0.2, 0.25) is 0 Å². The number of hydrogen-bond acceptors (Lipinski definition) is 2. The quantitative estimate of drug-likeness (QED) is 0.903. The minimum Gasteiger partial charge on any atom is -0.484 e. The normalized spacial score (nSPS) is 10.5. The summed E-state index contributed by atoms with van der Waals surface area (Å²) in [6.07, 6.45) is 0. The second-order valence-corrected chi connectivity index (χ2v) is 5.07. The number of amides is 1. The van der Waals surface area contributed by atoms with Gasteiger partial charge in [-0.25, -0.2) is 4.39 Å². The highest BCUT2D eigenvalue weighted by atomic mass is 19.1. The van der Waals surface area contributed by atoms with Crippen LogP contribution in [-0.4, -0.2) is 12.5 Å². The van der Waals surface area contributed by atoms with Gasteiger partial charge < -0.3 is 10.1 Å². The molecule has 0 aliphatic rings. The van der Waals surface area contributed by atoms with E-state index in [1.165, 1.54) is 29.8 Å². The van der Waals surface area contributed by atoms with E-state index in [1.54, 1.807) is 0 Å². The van der Waals surface area contributed by atoms with Gasteiger partial charge in [0.25, 0.3) is 5.91 Å². The molecule has 0 saturated carbocycles. The Balaban J connectivity index is 1.84. The second kappa shape index (κ2) is 6.88. The van der Waals surface area contributed by atoms with Crippen molar-refractivity contribution < 1.29 is 13.9 Å². The van der Waals surface area contributed by atoms with Crippen LogP contribution in [0.5, 0.6) is 5.75 Å². The van der Waals surface area contributed by atoms with Crippen LogP contribution in [0, 0.1) is 5.82 Å². The van der Waals surface area contributed by atoms with Crippen LogP contribution >= 0.6 is 0 Å². The molecule has 0 saturated heterocycles. The fourth-order valence-electron chi connectivity index (χ4n) is 1.83. The van der Waals surface area contributed by atoms with E-state index in [0.29, 0.717) is 17.4 Å². The first kappa shape index (κ1) is 15.0. The molecule has 2 aromatic rings. The highest BCUT2D eigenvalue weighted by Gasteiger charge is 2.05. The van der Waals surface area contributed by atoms with Gasteiger partial charge >= 0.3 is 0 Å². The number of nitrogens with one attached hydrogen (secondary N) is 1. The molecule has 0 bridgehead atoms. The maximum atomic E-state index is 12.7. The molecule has 0 fully saturated rings. The molecular formula is C17H18FNO2. The van der Waals surface area contributed by atoms with Crippen molar-refractivity contribution in [2.45, 2.75) is 19.8 Å². The van der Waals surface area contributed by atoms with Crippen LogP contribution in [0.3, 0.4) is 0 Å². The van der Waals surface area contributed by atoms with Crippen LogP contribution < -0.4 is 10.1 Å². The van der Waals surface area contributed by atoms with E-state index >= 15 is 0 Å². The molecule has 0 atom stereocenters. The molecule has 0 unspecified atom stereocenters. The van der Waals surface area contributed by atoms with Gasteiger partial charge in [-0.05, 0) is 47.9 Å². The lowest BCUT2D eigenvalue weighted by atomic mass is 10.0. The summed E-state index contributed by atoms with van der Waals surface area (Å²) in [5.41, 5.74) is 1.76. The van der Waals surface area contributed by atoms with Crippen LogP contribution in [0.2, 0.25) is 0 Å².